The first-order valence-corrected chi connectivity index (χ1v) is 8.62. The van der Waals surface area contributed by atoms with Crippen LogP contribution < -0.4 is 4.72 Å². The molecule has 1 N–H and O–H groups in total. The molecule has 3 rings (SSSR count). The van der Waals surface area contributed by atoms with Crippen molar-refractivity contribution in [2.45, 2.75) is 43.5 Å². The van der Waals surface area contributed by atoms with Crippen molar-refractivity contribution in [3.8, 4) is 0 Å². The standard InChI is InChI=1S/C14H18N2O4S/c1-9-2-5-12(8-14(9)16(17)18)21(19,20)15-13-7-10-3-4-11(13)6-10/h2,5,8,10-11,13,15H,3-4,6-7H2,1H3/t10-,11-,13-/m0/s1. The number of nitro benzene ring substituents is 1. The third-order valence-corrected chi connectivity index (χ3v) is 6.22. The Bertz CT molecular complexity index is 686. The number of nitro groups is 1. The molecule has 0 unspecified atom stereocenters. The van der Waals surface area contributed by atoms with Crippen LogP contribution in [0.15, 0.2) is 23.1 Å². The quantitative estimate of drug-likeness (QED) is 0.683. The van der Waals surface area contributed by atoms with Crippen LogP contribution >= 0.6 is 0 Å². The monoisotopic (exact) mass is 310 g/mol. The average Bonchev–Trinajstić information content (AvgIpc) is 3.00. The second-order valence-electron chi connectivity index (χ2n) is 6.11. The Morgan fingerprint density at radius 2 is 2.05 bits per heavy atom. The van der Waals surface area contributed by atoms with Gasteiger partial charge in [-0.05, 0) is 44.1 Å². The summed E-state index contributed by atoms with van der Waals surface area (Å²) in [5, 5.41) is 10.9. The largest absolute Gasteiger partial charge is 0.273 e. The summed E-state index contributed by atoms with van der Waals surface area (Å²) < 4.78 is 27.6. The third-order valence-electron chi connectivity index (χ3n) is 4.73. The van der Waals surface area contributed by atoms with Gasteiger partial charge in [0.1, 0.15) is 0 Å². The van der Waals surface area contributed by atoms with E-state index in [0.29, 0.717) is 17.4 Å². The van der Waals surface area contributed by atoms with E-state index in [0.717, 1.165) is 25.3 Å². The van der Waals surface area contributed by atoms with E-state index in [2.05, 4.69) is 4.72 Å². The molecule has 0 spiro atoms. The third kappa shape index (κ3) is 2.67. The number of hydrogen-bond donors (Lipinski definition) is 1. The van der Waals surface area contributed by atoms with Gasteiger partial charge in [-0.25, -0.2) is 13.1 Å². The molecule has 3 atom stereocenters. The number of benzene rings is 1. The number of fused-ring (bicyclic) bond motifs is 2. The van der Waals surface area contributed by atoms with E-state index in [9.17, 15) is 18.5 Å². The van der Waals surface area contributed by atoms with Crippen molar-refractivity contribution in [2.24, 2.45) is 11.8 Å². The van der Waals surface area contributed by atoms with Gasteiger partial charge < -0.3 is 0 Å². The van der Waals surface area contributed by atoms with Gasteiger partial charge in [0.15, 0.2) is 0 Å². The Morgan fingerprint density at radius 1 is 1.29 bits per heavy atom. The molecule has 0 radical (unpaired) electrons. The zero-order valence-corrected chi connectivity index (χ0v) is 12.6. The van der Waals surface area contributed by atoms with E-state index in [1.54, 1.807) is 6.92 Å². The second kappa shape index (κ2) is 5.06. The van der Waals surface area contributed by atoms with Gasteiger partial charge in [0, 0.05) is 17.7 Å². The van der Waals surface area contributed by atoms with Gasteiger partial charge in [0.05, 0.1) is 9.82 Å². The number of nitrogens with one attached hydrogen (secondary N) is 1. The minimum Gasteiger partial charge on any atom is -0.258 e. The number of aryl methyl sites for hydroxylation is 1. The summed E-state index contributed by atoms with van der Waals surface area (Å²) >= 11 is 0. The molecule has 0 aliphatic heterocycles. The van der Waals surface area contributed by atoms with Gasteiger partial charge in [-0.1, -0.05) is 12.5 Å². The summed E-state index contributed by atoms with van der Waals surface area (Å²) in [5.41, 5.74) is 0.296. The smallest absolute Gasteiger partial charge is 0.258 e. The van der Waals surface area contributed by atoms with Crippen molar-refractivity contribution in [1.82, 2.24) is 4.72 Å². The maximum absolute atomic E-state index is 12.4. The lowest BCUT2D eigenvalue weighted by molar-refractivity contribution is -0.385. The first kappa shape index (κ1) is 14.5. The Balaban J connectivity index is 1.85. The molecule has 6 nitrogen and oxygen atoms in total. The van der Waals surface area contributed by atoms with E-state index in [4.69, 9.17) is 0 Å². The molecule has 114 valence electrons. The van der Waals surface area contributed by atoms with Gasteiger partial charge in [0.25, 0.3) is 5.69 Å². The number of nitrogens with zero attached hydrogens (tertiary/aromatic N) is 1. The molecule has 0 saturated heterocycles. The van der Waals surface area contributed by atoms with Gasteiger partial charge in [0.2, 0.25) is 10.0 Å². The van der Waals surface area contributed by atoms with E-state index in [1.165, 1.54) is 18.6 Å². The minimum absolute atomic E-state index is 0.0193. The SMILES string of the molecule is Cc1ccc(S(=O)(=O)N[C@H]2C[C@H]3CC[C@H]2C3)cc1[N+](=O)[O-]. The summed E-state index contributed by atoms with van der Waals surface area (Å²) in [6.45, 7) is 1.60. The van der Waals surface area contributed by atoms with E-state index >= 15 is 0 Å². The molecule has 0 heterocycles. The molecule has 2 bridgehead atoms. The fraction of sp³-hybridized carbons (Fsp3) is 0.571. The molecule has 2 saturated carbocycles. The first-order valence-electron chi connectivity index (χ1n) is 7.14. The lowest BCUT2D eigenvalue weighted by atomic mass is 9.96. The molecular weight excluding hydrogens is 292 g/mol. The van der Waals surface area contributed by atoms with Crippen LogP contribution in [0, 0.1) is 28.9 Å². The predicted octanol–water partition coefficient (Wildman–Crippen LogP) is 2.37. The second-order valence-corrected chi connectivity index (χ2v) is 7.82. The van der Waals surface area contributed by atoms with Crippen LogP contribution in [0.2, 0.25) is 0 Å². The molecule has 1 aromatic carbocycles. The molecule has 0 aromatic heterocycles. The van der Waals surface area contributed by atoms with Crippen molar-refractivity contribution in [1.29, 1.82) is 0 Å². The molecule has 2 aliphatic carbocycles. The molecule has 7 heteroatoms. The van der Waals surface area contributed by atoms with Gasteiger partial charge in [-0.3, -0.25) is 10.1 Å². The Kier molecular flexibility index (Phi) is 3.49. The summed E-state index contributed by atoms with van der Waals surface area (Å²) in [6.07, 6.45) is 4.25. The number of sulfonamides is 1. The van der Waals surface area contributed by atoms with Gasteiger partial charge in [-0.2, -0.15) is 0 Å². The summed E-state index contributed by atoms with van der Waals surface area (Å²) in [7, 11) is -3.69. The Morgan fingerprint density at radius 3 is 2.62 bits per heavy atom. The van der Waals surface area contributed by atoms with Gasteiger partial charge >= 0.3 is 0 Å². The highest BCUT2D eigenvalue weighted by Crippen LogP contribution is 2.44. The van der Waals surface area contributed by atoms with E-state index < -0.39 is 14.9 Å². The fourth-order valence-corrected chi connectivity index (χ4v) is 4.95. The molecular formula is C14H18N2O4S. The molecule has 2 aliphatic rings. The number of rotatable bonds is 4. The van der Waals surface area contributed by atoms with Crippen molar-refractivity contribution in [2.75, 3.05) is 0 Å². The average molecular weight is 310 g/mol. The summed E-state index contributed by atoms with van der Waals surface area (Å²) in [4.78, 5) is 10.4. The Hall–Kier alpha value is -1.47. The minimum atomic E-state index is -3.69. The predicted molar refractivity (Wildman–Crippen MR) is 77.4 cm³/mol. The highest BCUT2D eigenvalue weighted by molar-refractivity contribution is 7.89. The van der Waals surface area contributed by atoms with Crippen LogP contribution in [0.5, 0.6) is 0 Å². The topological polar surface area (TPSA) is 89.3 Å². The molecule has 1 aromatic rings. The lowest BCUT2D eigenvalue weighted by Crippen LogP contribution is -2.38. The van der Waals surface area contributed by atoms with Crippen LogP contribution in [-0.2, 0) is 10.0 Å². The van der Waals surface area contributed by atoms with Gasteiger partial charge in [-0.15, -0.1) is 0 Å². The van der Waals surface area contributed by atoms with Crippen molar-refractivity contribution in [3.05, 3.63) is 33.9 Å². The first-order chi connectivity index (χ1) is 9.87. The van der Waals surface area contributed by atoms with Crippen LogP contribution in [0.3, 0.4) is 0 Å². The normalized spacial score (nSPS) is 28.0. The fourth-order valence-electron chi connectivity index (χ4n) is 3.61. The molecule has 0 amide bonds. The van der Waals surface area contributed by atoms with Crippen LogP contribution in [0.4, 0.5) is 5.69 Å². The van der Waals surface area contributed by atoms with E-state index in [1.807, 2.05) is 0 Å². The molecule has 21 heavy (non-hydrogen) atoms. The van der Waals surface area contributed by atoms with Crippen molar-refractivity contribution >= 4 is 15.7 Å². The maximum Gasteiger partial charge on any atom is 0.273 e. The Labute approximate surface area is 123 Å². The highest BCUT2D eigenvalue weighted by atomic mass is 32.2. The van der Waals surface area contributed by atoms with Crippen molar-refractivity contribution < 1.29 is 13.3 Å². The van der Waals surface area contributed by atoms with Crippen molar-refractivity contribution in [3.63, 3.8) is 0 Å². The molecule has 2 fully saturated rings. The maximum atomic E-state index is 12.4. The number of hydrogen-bond acceptors (Lipinski definition) is 4. The van der Waals surface area contributed by atoms with Crippen LogP contribution in [0.25, 0.3) is 0 Å². The lowest BCUT2D eigenvalue weighted by Gasteiger charge is -2.22. The van der Waals surface area contributed by atoms with Crippen LogP contribution in [0.1, 0.15) is 31.2 Å². The zero-order valence-electron chi connectivity index (χ0n) is 11.8. The highest BCUT2D eigenvalue weighted by Gasteiger charge is 2.41. The summed E-state index contributed by atoms with van der Waals surface area (Å²) in [6, 6.07) is 4.03. The zero-order chi connectivity index (χ0) is 15.2. The van der Waals surface area contributed by atoms with E-state index in [-0.39, 0.29) is 16.6 Å². The summed E-state index contributed by atoms with van der Waals surface area (Å²) in [5.74, 6) is 1.06. The van der Waals surface area contributed by atoms with Crippen LogP contribution in [-0.4, -0.2) is 19.4 Å².